The Hall–Kier alpha value is -2.53. The normalized spacial score (nSPS) is 14.2. The fraction of sp³-hybridized carbons (Fsp3) is 0.400. The van der Waals surface area contributed by atoms with Crippen LogP contribution in [0.3, 0.4) is 0 Å². The SMILES string of the molecule is O=C(NCC#CCc1ccccc1)n1cc(Cl)nc1OCCN1CCOCC1. The molecule has 1 aromatic carbocycles. The smallest absolute Gasteiger partial charge is 0.330 e. The highest BCUT2D eigenvalue weighted by atomic mass is 35.5. The minimum Gasteiger partial charge on any atom is -0.463 e. The van der Waals surface area contributed by atoms with Gasteiger partial charge in [-0.05, 0) is 5.56 Å². The van der Waals surface area contributed by atoms with Crippen LogP contribution in [0, 0.1) is 11.8 Å². The van der Waals surface area contributed by atoms with Crippen LogP contribution in [-0.4, -0.2) is 66.5 Å². The predicted molar refractivity (Wildman–Crippen MR) is 107 cm³/mol. The van der Waals surface area contributed by atoms with Crippen molar-refractivity contribution < 1.29 is 14.3 Å². The molecule has 0 bridgehead atoms. The van der Waals surface area contributed by atoms with E-state index in [-0.39, 0.29) is 23.7 Å². The summed E-state index contributed by atoms with van der Waals surface area (Å²) in [6.07, 6.45) is 2.07. The van der Waals surface area contributed by atoms with Gasteiger partial charge in [0, 0.05) is 26.1 Å². The number of amides is 1. The van der Waals surface area contributed by atoms with Gasteiger partial charge in [0.1, 0.15) is 6.61 Å². The van der Waals surface area contributed by atoms with E-state index < -0.39 is 0 Å². The van der Waals surface area contributed by atoms with E-state index in [0.717, 1.165) is 38.4 Å². The minimum atomic E-state index is -0.380. The summed E-state index contributed by atoms with van der Waals surface area (Å²) in [5.41, 5.74) is 1.14. The van der Waals surface area contributed by atoms with E-state index in [4.69, 9.17) is 21.1 Å². The average Bonchev–Trinajstić information content (AvgIpc) is 3.10. The third kappa shape index (κ3) is 6.27. The molecule has 148 valence electrons. The summed E-state index contributed by atoms with van der Waals surface area (Å²) in [7, 11) is 0. The summed E-state index contributed by atoms with van der Waals surface area (Å²) in [6.45, 7) is 4.59. The molecule has 0 saturated carbocycles. The molecule has 7 nitrogen and oxygen atoms in total. The number of benzene rings is 1. The zero-order chi connectivity index (χ0) is 19.6. The minimum absolute atomic E-state index is 0.174. The lowest BCUT2D eigenvalue weighted by Crippen LogP contribution is -2.39. The maximum Gasteiger partial charge on any atom is 0.330 e. The van der Waals surface area contributed by atoms with Crippen LogP contribution in [0.15, 0.2) is 36.5 Å². The lowest BCUT2D eigenvalue weighted by Gasteiger charge is -2.26. The van der Waals surface area contributed by atoms with Crippen LogP contribution in [0.2, 0.25) is 5.15 Å². The fourth-order valence-corrected chi connectivity index (χ4v) is 2.87. The van der Waals surface area contributed by atoms with Gasteiger partial charge in [-0.3, -0.25) is 4.90 Å². The number of rotatable bonds is 6. The molecule has 28 heavy (non-hydrogen) atoms. The van der Waals surface area contributed by atoms with Crippen LogP contribution in [-0.2, 0) is 11.2 Å². The van der Waals surface area contributed by atoms with Crippen molar-refractivity contribution in [3.8, 4) is 17.9 Å². The first kappa shape index (κ1) is 20.2. The van der Waals surface area contributed by atoms with Crippen LogP contribution in [0.1, 0.15) is 5.56 Å². The zero-order valence-electron chi connectivity index (χ0n) is 15.6. The Bertz CT molecular complexity index is 823. The molecule has 1 N–H and O–H groups in total. The number of hydrogen-bond donors (Lipinski definition) is 1. The summed E-state index contributed by atoms with van der Waals surface area (Å²) in [4.78, 5) is 18.7. The van der Waals surface area contributed by atoms with E-state index >= 15 is 0 Å². The van der Waals surface area contributed by atoms with Gasteiger partial charge in [0.2, 0.25) is 0 Å². The first-order valence-electron chi connectivity index (χ1n) is 9.18. The Morgan fingerprint density at radius 1 is 1.25 bits per heavy atom. The van der Waals surface area contributed by atoms with E-state index in [2.05, 4.69) is 27.0 Å². The molecule has 1 aliphatic heterocycles. The number of nitrogens with zero attached hydrogens (tertiary/aromatic N) is 3. The second-order valence-corrected chi connectivity index (χ2v) is 6.58. The van der Waals surface area contributed by atoms with Crippen LogP contribution in [0.25, 0.3) is 0 Å². The Morgan fingerprint density at radius 3 is 2.82 bits per heavy atom. The van der Waals surface area contributed by atoms with Gasteiger partial charge in [0.15, 0.2) is 5.15 Å². The van der Waals surface area contributed by atoms with Crippen LogP contribution >= 0.6 is 11.6 Å². The summed E-state index contributed by atoms with van der Waals surface area (Å²) in [5, 5.41) is 2.92. The molecule has 0 atom stereocenters. The number of ether oxygens (including phenoxy) is 2. The largest absolute Gasteiger partial charge is 0.463 e. The van der Waals surface area contributed by atoms with Crippen molar-refractivity contribution in [3.63, 3.8) is 0 Å². The number of imidazole rings is 1. The van der Waals surface area contributed by atoms with Crippen LogP contribution in [0.4, 0.5) is 4.79 Å². The van der Waals surface area contributed by atoms with Gasteiger partial charge in [-0.25, -0.2) is 9.36 Å². The molecule has 1 saturated heterocycles. The Kier molecular flexibility index (Phi) is 7.73. The number of carbonyl (C=O) groups is 1. The molecular weight excluding hydrogens is 380 g/mol. The molecule has 0 spiro atoms. The molecule has 2 aromatic rings. The Balaban J connectivity index is 1.45. The van der Waals surface area contributed by atoms with Gasteiger partial charge >= 0.3 is 12.0 Å². The molecule has 0 unspecified atom stereocenters. The molecule has 0 radical (unpaired) electrons. The maximum absolute atomic E-state index is 12.4. The molecule has 1 aromatic heterocycles. The van der Waals surface area contributed by atoms with Gasteiger partial charge in [0.05, 0.1) is 26.0 Å². The summed E-state index contributed by atoms with van der Waals surface area (Å²) in [6, 6.07) is 9.74. The number of hydrogen-bond acceptors (Lipinski definition) is 5. The lowest BCUT2D eigenvalue weighted by atomic mass is 10.2. The summed E-state index contributed by atoms with van der Waals surface area (Å²) in [5.74, 6) is 5.98. The van der Waals surface area contributed by atoms with E-state index in [1.54, 1.807) is 0 Å². The molecule has 1 aliphatic rings. The topological polar surface area (TPSA) is 68.6 Å². The van der Waals surface area contributed by atoms with E-state index in [1.807, 2.05) is 30.3 Å². The van der Waals surface area contributed by atoms with Gasteiger partial charge < -0.3 is 14.8 Å². The Morgan fingerprint density at radius 2 is 2.04 bits per heavy atom. The molecule has 2 heterocycles. The lowest BCUT2D eigenvalue weighted by molar-refractivity contribution is 0.0316. The van der Waals surface area contributed by atoms with Crippen molar-refractivity contribution >= 4 is 17.6 Å². The third-order valence-corrected chi connectivity index (χ3v) is 4.38. The monoisotopic (exact) mass is 402 g/mol. The number of carbonyl (C=O) groups excluding carboxylic acids is 1. The predicted octanol–water partition coefficient (Wildman–Crippen LogP) is 2.05. The number of nitrogens with one attached hydrogen (secondary N) is 1. The molecule has 0 aliphatic carbocycles. The van der Waals surface area contributed by atoms with Gasteiger partial charge in [0.25, 0.3) is 0 Å². The van der Waals surface area contributed by atoms with Crippen molar-refractivity contribution in [2.75, 3.05) is 46.0 Å². The summed E-state index contributed by atoms with van der Waals surface area (Å²) < 4.78 is 12.2. The second-order valence-electron chi connectivity index (χ2n) is 6.19. The van der Waals surface area contributed by atoms with Gasteiger partial charge in [-0.15, -0.1) is 0 Å². The third-order valence-electron chi connectivity index (χ3n) is 4.19. The molecule has 3 rings (SSSR count). The number of aromatic nitrogens is 2. The fourth-order valence-electron chi connectivity index (χ4n) is 2.70. The first-order valence-corrected chi connectivity index (χ1v) is 9.56. The Labute approximate surface area is 169 Å². The number of morpholine rings is 1. The summed E-state index contributed by atoms with van der Waals surface area (Å²) >= 11 is 5.94. The highest BCUT2D eigenvalue weighted by Gasteiger charge is 2.15. The van der Waals surface area contributed by atoms with Crippen molar-refractivity contribution in [2.24, 2.45) is 0 Å². The van der Waals surface area contributed by atoms with Crippen molar-refractivity contribution in [2.45, 2.75) is 6.42 Å². The highest BCUT2D eigenvalue weighted by Crippen LogP contribution is 2.15. The second kappa shape index (κ2) is 10.7. The van der Waals surface area contributed by atoms with E-state index in [9.17, 15) is 4.79 Å². The zero-order valence-corrected chi connectivity index (χ0v) is 16.3. The molecule has 1 amide bonds. The quantitative estimate of drug-likeness (QED) is 0.749. The van der Waals surface area contributed by atoms with Crippen molar-refractivity contribution in [1.29, 1.82) is 0 Å². The van der Waals surface area contributed by atoms with Gasteiger partial charge in [-0.2, -0.15) is 4.98 Å². The van der Waals surface area contributed by atoms with Crippen molar-refractivity contribution in [1.82, 2.24) is 19.8 Å². The first-order chi connectivity index (χ1) is 13.7. The van der Waals surface area contributed by atoms with Crippen LogP contribution < -0.4 is 10.1 Å². The maximum atomic E-state index is 12.4. The number of halogens is 1. The average molecular weight is 403 g/mol. The van der Waals surface area contributed by atoms with Crippen molar-refractivity contribution in [3.05, 3.63) is 47.2 Å². The van der Waals surface area contributed by atoms with E-state index in [0.29, 0.717) is 13.0 Å². The standard InChI is InChI=1S/C20H23ClN4O3/c21-18-16-25(20(23-18)28-15-12-24-10-13-27-14-11-24)19(26)22-9-5-4-8-17-6-2-1-3-7-17/h1-3,6-7,16H,8-15H2,(H,22,26). The molecule has 1 fully saturated rings. The molecular formula is C20H23ClN4O3. The highest BCUT2D eigenvalue weighted by molar-refractivity contribution is 6.29. The molecule has 8 heteroatoms. The van der Waals surface area contributed by atoms with Crippen LogP contribution in [0.5, 0.6) is 6.01 Å². The van der Waals surface area contributed by atoms with E-state index in [1.165, 1.54) is 10.8 Å². The van der Waals surface area contributed by atoms with Gasteiger partial charge in [-0.1, -0.05) is 53.8 Å².